The summed E-state index contributed by atoms with van der Waals surface area (Å²) in [7, 11) is 5.63. The van der Waals surface area contributed by atoms with Crippen LogP contribution in [-0.4, -0.2) is 98.2 Å². The Bertz CT molecular complexity index is 2190. The Kier molecular flexibility index (Phi) is 17.4. The lowest BCUT2D eigenvalue weighted by atomic mass is 10.2. The molecule has 5 rings (SSSR count). The van der Waals surface area contributed by atoms with E-state index < -0.39 is 30.2 Å². The van der Waals surface area contributed by atoms with E-state index in [1.54, 1.807) is 0 Å². The summed E-state index contributed by atoms with van der Waals surface area (Å²) < 4.78 is 36.2. The number of ether oxygens (including phenoxy) is 7. The molecule has 5 aromatic rings. The van der Waals surface area contributed by atoms with Crippen molar-refractivity contribution in [3.05, 3.63) is 78.1 Å². The van der Waals surface area contributed by atoms with E-state index in [0.29, 0.717) is 0 Å². The van der Waals surface area contributed by atoms with Gasteiger partial charge in [-0.2, -0.15) is 24.9 Å². The molecule has 5 N–H and O–H groups in total. The van der Waals surface area contributed by atoms with Crippen LogP contribution in [0.4, 0.5) is 5.69 Å². The summed E-state index contributed by atoms with van der Waals surface area (Å²) >= 11 is 33.4. The summed E-state index contributed by atoms with van der Waals surface area (Å²) in [6.07, 6.45) is 0. The molecule has 0 aliphatic heterocycles. The molecule has 4 aromatic heterocycles. The molecule has 26 heteroatoms. The lowest BCUT2D eigenvalue weighted by Gasteiger charge is -2.13. The fraction of sp³-hybridized carbons (Fsp3) is 0.156. The van der Waals surface area contributed by atoms with Gasteiger partial charge in [-0.15, -0.1) is 0 Å². The van der Waals surface area contributed by atoms with Gasteiger partial charge in [0.25, 0.3) is 0 Å². The van der Waals surface area contributed by atoms with Gasteiger partial charge in [-0.25, -0.2) is 19.4 Å². The second-order valence-corrected chi connectivity index (χ2v) is 12.2. The Morgan fingerprint density at radius 3 is 1.48 bits per heavy atom. The molecule has 308 valence electrons. The number of carboxylic acids is 3. The molecule has 0 saturated heterocycles. The molecular formula is C32H25Cl6N7O13. The van der Waals surface area contributed by atoms with E-state index in [1.165, 1.54) is 64.8 Å². The molecule has 0 unspecified atom stereocenters. The lowest BCUT2D eigenvalue weighted by Crippen LogP contribution is -2.10. The van der Waals surface area contributed by atoms with Gasteiger partial charge in [-0.05, 0) is 18.2 Å². The molecule has 0 aliphatic rings. The van der Waals surface area contributed by atoms with Crippen molar-refractivity contribution < 1.29 is 62.9 Å². The number of nitrogens with two attached hydrogens (primary N) is 1. The minimum atomic E-state index is -1.32. The van der Waals surface area contributed by atoms with Gasteiger partial charge in [-0.1, -0.05) is 75.7 Å². The van der Waals surface area contributed by atoms with Crippen molar-refractivity contribution in [3.63, 3.8) is 0 Å². The summed E-state index contributed by atoms with van der Waals surface area (Å²) in [6, 6.07) is 8.19. The van der Waals surface area contributed by atoms with Crippen LogP contribution >= 0.6 is 69.6 Å². The summed E-state index contributed by atoms with van der Waals surface area (Å²) in [5, 5.41) is 26.6. The van der Waals surface area contributed by atoms with Gasteiger partial charge in [0, 0.05) is 0 Å². The highest BCUT2D eigenvalue weighted by atomic mass is 35.5. The Morgan fingerprint density at radius 1 is 0.621 bits per heavy atom. The van der Waals surface area contributed by atoms with Crippen molar-refractivity contribution in [2.75, 3.05) is 40.8 Å². The molecule has 0 radical (unpaired) electrons. The quantitative estimate of drug-likeness (QED) is 0.0836. The van der Waals surface area contributed by atoms with E-state index in [9.17, 15) is 19.5 Å². The summed E-state index contributed by atoms with van der Waals surface area (Å²) in [6.45, 7) is -0.537. The number of aliphatic carboxylic acids is 1. The van der Waals surface area contributed by atoms with E-state index in [2.05, 4.69) is 29.9 Å². The number of benzene rings is 1. The van der Waals surface area contributed by atoms with E-state index in [1.807, 2.05) is 0 Å². The number of nitrogens with zero attached hydrogens (tertiary/aromatic N) is 6. The maximum atomic E-state index is 12.0. The molecule has 0 spiro atoms. The third-order valence-corrected chi connectivity index (χ3v) is 8.30. The third kappa shape index (κ3) is 12.9. The number of anilines is 1. The van der Waals surface area contributed by atoms with Crippen molar-refractivity contribution in [1.82, 2.24) is 29.9 Å². The minimum Gasteiger partial charge on any atom is -0.481 e. The number of carboxylic acid groups (broad SMARTS) is 3. The molecule has 0 saturated carbocycles. The first-order valence-corrected chi connectivity index (χ1v) is 17.2. The molecule has 1 aromatic carbocycles. The number of aromatic carboxylic acids is 2. The zero-order valence-electron chi connectivity index (χ0n) is 29.6. The normalized spacial score (nSPS) is 10.1. The van der Waals surface area contributed by atoms with Crippen LogP contribution in [0.2, 0.25) is 30.4 Å². The lowest BCUT2D eigenvalue weighted by molar-refractivity contribution is -0.139. The van der Waals surface area contributed by atoms with Crippen molar-refractivity contribution in [2.24, 2.45) is 0 Å². The first-order chi connectivity index (χ1) is 27.4. The van der Waals surface area contributed by atoms with Gasteiger partial charge < -0.3 is 54.2 Å². The summed E-state index contributed by atoms with van der Waals surface area (Å²) in [5.74, 6) is -3.31. The van der Waals surface area contributed by atoms with Gasteiger partial charge >= 0.3 is 29.9 Å². The van der Waals surface area contributed by atoms with Crippen LogP contribution < -0.4 is 38.9 Å². The Balaban J connectivity index is 0.000000274. The number of hydrogen-bond donors (Lipinski definition) is 4. The summed E-state index contributed by atoms with van der Waals surface area (Å²) in [4.78, 5) is 55.9. The van der Waals surface area contributed by atoms with Crippen LogP contribution in [0.3, 0.4) is 0 Å². The molecule has 20 nitrogen and oxygen atoms in total. The van der Waals surface area contributed by atoms with Gasteiger partial charge in [0.1, 0.15) is 27.1 Å². The first kappa shape index (κ1) is 46.6. The van der Waals surface area contributed by atoms with E-state index in [-0.39, 0.29) is 94.6 Å². The van der Waals surface area contributed by atoms with E-state index in [0.717, 1.165) is 0 Å². The Hall–Kier alpha value is -5.77. The molecule has 0 aliphatic carbocycles. The van der Waals surface area contributed by atoms with Gasteiger partial charge in [0.15, 0.2) is 22.6 Å². The summed E-state index contributed by atoms with van der Waals surface area (Å²) in [5.41, 5.74) is 4.57. The first-order valence-electron chi connectivity index (χ1n) is 15.0. The Morgan fingerprint density at radius 2 is 1.09 bits per heavy atom. The molecule has 0 bridgehead atoms. The number of carbonyl (C=O) groups is 3. The van der Waals surface area contributed by atoms with Crippen LogP contribution in [0, 0.1) is 0 Å². The van der Waals surface area contributed by atoms with E-state index in [4.69, 9.17) is 119 Å². The average Bonchev–Trinajstić information content (AvgIpc) is 3.19. The molecule has 58 heavy (non-hydrogen) atoms. The number of hydrogen-bond acceptors (Lipinski definition) is 17. The van der Waals surface area contributed by atoms with Gasteiger partial charge in [0.05, 0.1) is 56.3 Å². The molecule has 4 heterocycles. The molecule has 0 amide bonds. The highest BCUT2D eigenvalue weighted by Gasteiger charge is 2.22. The Labute approximate surface area is 356 Å². The number of pyridine rings is 2. The van der Waals surface area contributed by atoms with Crippen molar-refractivity contribution in [1.29, 1.82) is 0 Å². The van der Waals surface area contributed by atoms with Crippen LogP contribution in [0.1, 0.15) is 20.8 Å². The fourth-order valence-electron chi connectivity index (χ4n) is 3.70. The third-order valence-electron chi connectivity index (χ3n) is 6.22. The predicted octanol–water partition coefficient (Wildman–Crippen LogP) is 7.41. The number of nitrogen functional groups attached to an aromatic ring is 1. The van der Waals surface area contributed by atoms with Crippen molar-refractivity contribution in [3.8, 4) is 52.9 Å². The largest absolute Gasteiger partial charge is 0.481 e. The second-order valence-electron chi connectivity index (χ2n) is 9.94. The predicted molar refractivity (Wildman–Crippen MR) is 207 cm³/mol. The number of aromatic nitrogens is 6. The van der Waals surface area contributed by atoms with Crippen LogP contribution in [-0.2, 0) is 4.79 Å². The van der Waals surface area contributed by atoms with Gasteiger partial charge in [-0.3, -0.25) is 0 Å². The molecular weight excluding hydrogens is 903 g/mol. The van der Waals surface area contributed by atoms with Gasteiger partial charge in [0.2, 0.25) is 29.4 Å². The topological polar surface area (TPSA) is 280 Å². The molecule has 0 atom stereocenters. The second kappa shape index (κ2) is 21.7. The maximum Gasteiger partial charge on any atom is 0.356 e. The van der Waals surface area contributed by atoms with Crippen LogP contribution in [0.15, 0.2) is 36.4 Å². The van der Waals surface area contributed by atoms with Crippen LogP contribution in [0.5, 0.6) is 52.9 Å². The van der Waals surface area contributed by atoms with Crippen molar-refractivity contribution >= 4 is 93.2 Å². The standard InChI is InChI=1S/C19H18N4O8.C7H4Cl3NO3.C6H3Cl3N2O2/c1-26-12-8-13(27-2)21-18(20-12)30-10-6-5-7-11(16(10)17(24)25)31-19-22-14(28-3)9-15(23-19)29-4;8-3-1-4(9)7(11-6(3)10)14-2-5(12)13;7-1-3(10)2(8)5(9)11-4(1)6(12)13/h5-9H,1-4H3,(H,24,25);1H,2H2,(H,12,13);(H2,10,11)(H,12,13). The van der Waals surface area contributed by atoms with E-state index >= 15 is 0 Å². The monoisotopic (exact) mass is 925 g/mol. The minimum absolute atomic E-state index is 0.0106. The highest BCUT2D eigenvalue weighted by molar-refractivity contribution is 6.46. The number of halogens is 6. The average molecular weight is 928 g/mol. The zero-order valence-corrected chi connectivity index (χ0v) is 34.2. The smallest absolute Gasteiger partial charge is 0.356 e. The fourth-order valence-corrected chi connectivity index (χ4v) is 4.83. The number of methoxy groups -OCH3 is 4. The highest BCUT2D eigenvalue weighted by Crippen LogP contribution is 2.36. The molecule has 0 fully saturated rings. The van der Waals surface area contributed by atoms with Crippen molar-refractivity contribution in [2.45, 2.75) is 0 Å². The maximum absolute atomic E-state index is 12.0. The zero-order chi connectivity index (χ0) is 43.3. The SMILES string of the molecule is COc1cc(OC)nc(Oc2cccc(Oc3nc(OC)cc(OC)n3)c2C(=O)O)n1.Nc1c(Cl)c(Cl)nc(C(=O)O)c1Cl.O=C(O)COc1nc(Cl)c(Cl)cc1Cl. The number of rotatable bonds is 13. The van der Waals surface area contributed by atoms with Crippen LogP contribution in [0.25, 0.3) is 0 Å².